The Morgan fingerprint density at radius 1 is 1.43 bits per heavy atom. The van der Waals surface area contributed by atoms with Crippen LogP contribution in [-0.4, -0.2) is 27.9 Å². The van der Waals surface area contributed by atoms with Crippen molar-refractivity contribution in [3.05, 3.63) is 39.4 Å². The van der Waals surface area contributed by atoms with E-state index in [2.05, 4.69) is 5.32 Å². The fourth-order valence-electron chi connectivity index (χ4n) is 1.95. The number of hydrogen-bond acceptors (Lipinski definition) is 4. The van der Waals surface area contributed by atoms with Crippen molar-refractivity contribution < 1.29 is 19.6 Å². The first kappa shape index (κ1) is 16.6. The predicted molar refractivity (Wildman–Crippen MR) is 76.2 cm³/mol. The van der Waals surface area contributed by atoms with Crippen molar-refractivity contribution in [2.45, 2.75) is 39.2 Å². The number of carbonyl (C=O) groups excluding carboxylic acids is 1. The highest BCUT2D eigenvalue weighted by Crippen LogP contribution is 2.17. The first-order chi connectivity index (χ1) is 9.81. The Morgan fingerprint density at radius 2 is 2.10 bits per heavy atom. The van der Waals surface area contributed by atoms with Crippen molar-refractivity contribution in [2.24, 2.45) is 0 Å². The molecule has 0 aliphatic carbocycles. The zero-order valence-corrected chi connectivity index (χ0v) is 12.0. The second-order valence-corrected chi connectivity index (χ2v) is 4.92. The summed E-state index contributed by atoms with van der Waals surface area (Å²) in [5.41, 5.74) is 0.851. The molecule has 0 heterocycles. The fourth-order valence-corrected chi connectivity index (χ4v) is 1.95. The van der Waals surface area contributed by atoms with Gasteiger partial charge < -0.3 is 10.4 Å². The molecule has 1 atom stereocenters. The van der Waals surface area contributed by atoms with E-state index in [0.717, 1.165) is 0 Å². The maximum atomic E-state index is 12.1. The quantitative estimate of drug-likeness (QED) is 0.592. The summed E-state index contributed by atoms with van der Waals surface area (Å²) < 4.78 is 0. The minimum atomic E-state index is -0.861. The van der Waals surface area contributed by atoms with Gasteiger partial charge >= 0.3 is 5.97 Å². The van der Waals surface area contributed by atoms with Gasteiger partial charge in [-0.3, -0.25) is 19.7 Å². The third kappa shape index (κ3) is 5.21. The summed E-state index contributed by atoms with van der Waals surface area (Å²) in [6, 6.07) is 3.90. The van der Waals surface area contributed by atoms with Crippen molar-refractivity contribution in [3.63, 3.8) is 0 Å². The number of carbonyl (C=O) groups is 2. The van der Waals surface area contributed by atoms with Crippen LogP contribution >= 0.6 is 0 Å². The zero-order chi connectivity index (χ0) is 16.0. The van der Waals surface area contributed by atoms with Gasteiger partial charge in [-0.05, 0) is 38.3 Å². The molecule has 1 amide bonds. The van der Waals surface area contributed by atoms with Crippen LogP contribution < -0.4 is 5.32 Å². The number of rotatable bonds is 7. The monoisotopic (exact) mass is 294 g/mol. The van der Waals surface area contributed by atoms with Crippen molar-refractivity contribution in [1.29, 1.82) is 0 Å². The maximum absolute atomic E-state index is 12.1. The van der Waals surface area contributed by atoms with E-state index in [9.17, 15) is 19.7 Å². The maximum Gasteiger partial charge on any atom is 0.303 e. The summed E-state index contributed by atoms with van der Waals surface area (Å²) in [5.74, 6) is -1.18. The van der Waals surface area contributed by atoms with Crippen molar-refractivity contribution in [1.82, 2.24) is 5.32 Å². The Kier molecular flexibility index (Phi) is 5.83. The summed E-state index contributed by atoms with van der Waals surface area (Å²) >= 11 is 0. The summed E-state index contributed by atoms with van der Waals surface area (Å²) in [4.78, 5) is 32.6. The van der Waals surface area contributed by atoms with Crippen LogP contribution in [0.4, 0.5) is 5.69 Å². The highest BCUT2D eigenvalue weighted by Gasteiger charge is 2.15. The van der Waals surface area contributed by atoms with E-state index in [1.54, 1.807) is 13.8 Å². The smallest absolute Gasteiger partial charge is 0.303 e. The zero-order valence-electron chi connectivity index (χ0n) is 12.0. The van der Waals surface area contributed by atoms with Crippen molar-refractivity contribution >= 4 is 17.6 Å². The molecule has 114 valence electrons. The molecule has 0 spiro atoms. The number of carboxylic acid groups (broad SMARTS) is 1. The number of non-ortho nitro benzene ring substituents is 1. The van der Waals surface area contributed by atoms with Gasteiger partial charge in [0.1, 0.15) is 0 Å². The van der Waals surface area contributed by atoms with Gasteiger partial charge in [0.05, 0.1) is 4.92 Å². The average Bonchev–Trinajstić information content (AvgIpc) is 2.37. The van der Waals surface area contributed by atoms with Crippen molar-refractivity contribution in [2.75, 3.05) is 0 Å². The lowest BCUT2D eigenvalue weighted by Crippen LogP contribution is -2.33. The van der Waals surface area contributed by atoms with E-state index in [4.69, 9.17) is 5.11 Å². The van der Waals surface area contributed by atoms with Gasteiger partial charge in [-0.2, -0.15) is 0 Å². The van der Waals surface area contributed by atoms with Gasteiger partial charge in [0, 0.05) is 30.2 Å². The van der Waals surface area contributed by atoms with Gasteiger partial charge in [0.25, 0.3) is 11.6 Å². The van der Waals surface area contributed by atoms with Gasteiger partial charge in [0.2, 0.25) is 0 Å². The molecule has 0 aliphatic heterocycles. The number of aliphatic carboxylic acids is 1. The summed E-state index contributed by atoms with van der Waals surface area (Å²) in [6.07, 6.45) is 1.11. The highest BCUT2D eigenvalue weighted by molar-refractivity contribution is 5.96. The number of nitrogens with one attached hydrogen (secondary N) is 1. The number of carboxylic acids is 1. The molecule has 0 saturated heterocycles. The summed E-state index contributed by atoms with van der Waals surface area (Å²) in [5, 5.41) is 22.0. The van der Waals surface area contributed by atoms with Crippen LogP contribution in [0, 0.1) is 17.0 Å². The second-order valence-electron chi connectivity index (χ2n) is 4.92. The van der Waals surface area contributed by atoms with Crippen LogP contribution in [0.2, 0.25) is 0 Å². The Balaban J connectivity index is 2.63. The topological polar surface area (TPSA) is 110 Å². The number of nitro benzene ring substituents is 1. The molecule has 0 aromatic heterocycles. The first-order valence-corrected chi connectivity index (χ1v) is 6.59. The van der Waals surface area contributed by atoms with E-state index in [1.165, 1.54) is 18.2 Å². The molecule has 0 bridgehead atoms. The highest BCUT2D eigenvalue weighted by atomic mass is 16.6. The molecule has 1 aromatic rings. The van der Waals surface area contributed by atoms with Crippen molar-refractivity contribution in [3.8, 4) is 0 Å². The molecule has 1 aromatic carbocycles. The lowest BCUT2D eigenvalue weighted by atomic mass is 10.1. The molecule has 21 heavy (non-hydrogen) atoms. The second kappa shape index (κ2) is 7.37. The number of nitrogens with zero attached hydrogens (tertiary/aromatic N) is 1. The standard InChI is InChI=1S/C14H18N2O5/c1-9-8-11(16(20)21)6-7-12(9)14(19)15-10(2)4-3-5-13(17)18/h6-8,10H,3-5H2,1-2H3,(H,15,19)(H,17,18). The van der Waals surface area contributed by atoms with E-state index >= 15 is 0 Å². The average molecular weight is 294 g/mol. The lowest BCUT2D eigenvalue weighted by molar-refractivity contribution is -0.384. The molecular formula is C14H18N2O5. The lowest BCUT2D eigenvalue weighted by Gasteiger charge is -2.14. The van der Waals surface area contributed by atoms with Crippen LogP contribution in [0.25, 0.3) is 0 Å². The van der Waals surface area contributed by atoms with Gasteiger partial charge in [-0.25, -0.2) is 0 Å². The molecule has 0 saturated carbocycles. The normalized spacial score (nSPS) is 11.7. The third-order valence-corrected chi connectivity index (χ3v) is 3.07. The van der Waals surface area contributed by atoms with Crippen LogP contribution in [0.5, 0.6) is 0 Å². The third-order valence-electron chi connectivity index (χ3n) is 3.07. The van der Waals surface area contributed by atoms with Gasteiger partial charge in [-0.15, -0.1) is 0 Å². The molecule has 0 fully saturated rings. The largest absolute Gasteiger partial charge is 0.481 e. The number of benzene rings is 1. The molecule has 1 rings (SSSR count). The Hall–Kier alpha value is -2.44. The number of hydrogen-bond donors (Lipinski definition) is 2. The molecule has 2 N–H and O–H groups in total. The molecule has 1 unspecified atom stereocenters. The van der Waals surface area contributed by atoms with E-state index in [1.807, 2.05) is 0 Å². The van der Waals surface area contributed by atoms with Crippen LogP contribution in [0.3, 0.4) is 0 Å². The Labute approximate surface area is 122 Å². The number of nitro groups is 1. The van der Waals surface area contributed by atoms with Crippen LogP contribution in [-0.2, 0) is 4.79 Å². The molecule has 7 nitrogen and oxygen atoms in total. The summed E-state index contributed by atoms with van der Waals surface area (Å²) in [6.45, 7) is 3.43. The fraction of sp³-hybridized carbons (Fsp3) is 0.429. The minimum Gasteiger partial charge on any atom is -0.481 e. The SMILES string of the molecule is Cc1cc([N+](=O)[O-])ccc1C(=O)NC(C)CCCC(=O)O. The molecule has 7 heteroatoms. The van der Waals surface area contributed by atoms with E-state index < -0.39 is 10.9 Å². The van der Waals surface area contributed by atoms with Gasteiger partial charge in [0.15, 0.2) is 0 Å². The molecular weight excluding hydrogens is 276 g/mol. The van der Waals surface area contributed by atoms with E-state index in [0.29, 0.717) is 24.0 Å². The minimum absolute atomic E-state index is 0.0569. The number of aryl methyl sites for hydroxylation is 1. The number of amides is 1. The predicted octanol–water partition coefficient (Wildman–Crippen LogP) is 2.28. The van der Waals surface area contributed by atoms with Gasteiger partial charge in [-0.1, -0.05) is 0 Å². The van der Waals surface area contributed by atoms with Crippen LogP contribution in [0.1, 0.15) is 42.1 Å². The summed E-state index contributed by atoms with van der Waals surface area (Å²) in [7, 11) is 0. The Bertz CT molecular complexity index is 556. The molecule has 0 radical (unpaired) electrons. The molecule has 0 aliphatic rings. The Morgan fingerprint density at radius 3 is 2.62 bits per heavy atom. The van der Waals surface area contributed by atoms with Crippen LogP contribution in [0.15, 0.2) is 18.2 Å². The van der Waals surface area contributed by atoms with E-state index in [-0.39, 0.29) is 24.1 Å². The first-order valence-electron chi connectivity index (χ1n) is 6.59.